The first-order valence-corrected chi connectivity index (χ1v) is 11.2. The molecule has 16 heteroatoms. The molecule has 1 heterocycles. The molecule has 168 valence electrons. The zero-order valence-electron chi connectivity index (χ0n) is 14.3. The van der Waals surface area contributed by atoms with Crippen LogP contribution in [0.1, 0.15) is 0 Å². The summed E-state index contributed by atoms with van der Waals surface area (Å²) in [4.78, 5) is 12.8. The number of benzene rings is 2. The molecule has 1 aromatic heterocycles. The normalized spacial score (nSPS) is 13.5. The van der Waals surface area contributed by atoms with E-state index in [1.807, 2.05) is 0 Å². The predicted molar refractivity (Wildman–Crippen MR) is 96.8 cm³/mol. The second-order valence-corrected chi connectivity index (χ2v) is 9.79. The van der Waals surface area contributed by atoms with Crippen molar-refractivity contribution in [2.75, 3.05) is 0 Å². The Balaban J connectivity index is 2.37. The Morgan fingerprint density at radius 2 is 1.23 bits per heavy atom. The van der Waals surface area contributed by atoms with Crippen molar-refractivity contribution in [3.05, 3.63) is 46.6 Å². The Morgan fingerprint density at radius 1 is 0.742 bits per heavy atom. The third kappa shape index (κ3) is 4.14. The molecule has 2 aromatic carbocycles. The molecule has 0 fully saturated rings. The molecule has 0 spiro atoms. The van der Waals surface area contributed by atoms with Crippen LogP contribution in [0.4, 0.5) is 26.3 Å². The summed E-state index contributed by atoms with van der Waals surface area (Å²) in [7, 11) is -12.5. The van der Waals surface area contributed by atoms with Gasteiger partial charge in [-0.2, -0.15) is 43.2 Å². The molecule has 0 aliphatic heterocycles. The molecular weight excluding hydrogens is 502 g/mol. The van der Waals surface area contributed by atoms with E-state index in [4.69, 9.17) is 0 Å². The van der Waals surface area contributed by atoms with Crippen molar-refractivity contribution in [2.24, 2.45) is 0 Å². The number of rotatable bonds is 4. The molecule has 0 aliphatic carbocycles. The van der Waals surface area contributed by atoms with Gasteiger partial charge in [-0.1, -0.05) is 12.1 Å². The van der Waals surface area contributed by atoms with Crippen LogP contribution in [-0.4, -0.2) is 27.9 Å². The second-order valence-electron chi connectivity index (χ2n) is 5.66. The highest BCUT2D eigenvalue weighted by atomic mass is 32.2. The summed E-state index contributed by atoms with van der Waals surface area (Å²) >= 11 is 0.478. The van der Waals surface area contributed by atoms with Gasteiger partial charge in [0.05, 0.1) is 10.1 Å². The highest BCUT2D eigenvalue weighted by molar-refractivity contribution is 7.88. The molecule has 0 amide bonds. The van der Waals surface area contributed by atoms with Crippen LogP contribution in [0.5, 0.6) is 11.5 Å². The van der Waals surface area contributed by atoms with Crippen LogP contribution < -0.4 is 13.8 Å². The van der Waals surface area contributed by atoms with Crippen molar-refractivity contribution in [3.8, 4) is 11.5 Å². The number of halogens is 6. The summed E-state index contributed by atoms with van der Waals surface area (Å²) in [6.07, 6.45) is 0. The molecule has 0 N–H and O–H groups in total. The van der Waals surface area contributed by atoms with E-state index in [0.29, 0.717) is 23.5 Å². The van der Waals surface area contributed by atoms with Gasteiger partial charge in [0.25, 0.3) is 0 Å². The fourth-order valence-electron chi connectivity index (χ4n) is 2.32. The van der Waals surface area contributed by atoms with Gasteiger partial charge in [0, 0.05) is 10.1 Å². The maximum absolute atomic E-state index is 12.8. The molecule has 7 nitrogen and oxygen atoms in total. The fourth-order valence-corrected chi connectivity index (χ4v) is 4.45. The lowest BCUT2D eigenvalue weighted by Gasteiger charge is -2.14. The van der Waals surface area contributed by atoms with Crippen molar-refractivity contribution in [3.63, 3.8) is 0 Å². The summed E-state index contributed by atoms with van der Waals surface area (Å²) in [5.74, 6) is -2.23. The Kier molecular flexibility index (Phi) is 5.39. The minimum atomic E-state index is -6.26. The minimum Gasteiger partial charge on any atom is -0.375 e. The molecular formula is C15H6F6O7S3. The maximum atomic E-state index is 12.8. The quantitative estimate of drug-likeness (QED) is 0.228. The molecule has 0 bridgehead atoms. The Morgan fingerprint density at radius 3 is 1.77 bits per heavy atom. The molecule has 3 rings (SSSR count). The van der Waals surface area contributed by atoms with E-state index in [9.17, 15) is 48.0 Å². The van der Waals surface area contributed by atoms with E-state index in [2.05, 4.69) is 8.37 Å². The van der Waals surface area contributed by atoms with Gasteiger partial charge in [-0.25, -0.2) is 0 Å². The minimum absolute atomic E-state index is 0.102. The van der Waals surface area contributed by atoms with Gasteiger partial charge >= 0.3 is 31.3 Å². The van der Waals surface area contributed by atoms with Crippen molar-refractivity contribution < 1.29 is 51.5 Å². The summed E-state index contributed by atoms with van der Waals surface area (Å²) in [6.45, 7) is 0. The van der Waals surface area contributed by atoms with Crippen LogP contribution in [0.25, 0.3) is 20.2 Å². The van der Waals surface area contributed by atoms with Gasteiger partial charge in [0.1, 0.15) is 0 Å². The third-order valence-corrected chi connectivity index (χ3v) is 6.74. The third-order valence-electron chi connectivity index (χ3n) is 3.62. The monoisotopic (exact) mass is 508 g/mol. The van der Waals surface area contributed by atoms with Crippen LogP contribution in [0, 0.1) is 0 Å². The van der Waals surface area contributed by atoms with Crippen LogP contribution in [0.2, 0.25) is 0 Å². The lowest BCUT2D eigenvalue weighted by molar-refractivity contribution is -0.0505. The van der Waals surface area contributed by atoms with Crippen molar-refractivity contribution in [1.29, 1.82) is 0 Å². The summed E-state index contributed by atoms with van der Waals surface area (Å²) in [5.41, 5.74) is -12.8. The SMILES string of the molecule is O=c1c2ccccc2sc2c(OS(=O)(=O)C(F)(F)F)ccc(OS(=O)(=O)C(F)(F)F)c12. The van der Waals surface area contributed by atoms with Gasteiger partial charge in [-0.05, 0) is 24.3 Å². The van der Waals surface area contributed by atoms with Gasteiger partial charge in [0.15, 0.2) is 16.9 Å². The lowest BCUT2D eigenvalue weighted by Crippen LogP contribution is -2.29. The zero-order chi connectivity index (χ0) is 23.4. The van der Waals surface area contributed by atoms with Gasteiger partial charge in [-0.15, -0.1) is 11.3 Å². The van der Waals surface area contributed by atoms with Gasteiger partial charge < -0.3 is 8.37 Å². The van der Waals surface area contributed by atoms with Crippen molar-refractivity contribution in [2.45, 2.75) is 11.0 Å². The molecule has 0 atom stereocenters. The summed E-state index contributed by atoms with van der Waals surface area (Å²) in [5, 5.41) is -1.04. The van der Waals surface area contributed by atoms with E-state index < -0.39 is 58.3 Å². The Labute approximate surface area is 172 Å². The molecule has 0 unspecified atom stereocenters. The van der Waals surface area contributed by atoms with E-state index in [0.717, 1.165) is 0 Å². The van der Waals surface area contributed by atoms with Crippen LogP contribution >= 0.6 is 11.3 Å². The van der Waals surface area contributed by atoms with E-state index >= 15 is 0 Å². The van der Waals surface area contributed by atoms with Crippen LogP contribution in [0.15, 0.2) is 41.2 Å². The molecule has 0 radical (unpaired) electrons. The predicted octanol–water partition coefficient (Wildman–Crippen LogP) is 3.87. The Bertz CT molecular complexity index is 1450. The standard InChI is InChI=1S/C15H6F6O7S3/c16-14(17,18)30(23,24)27-8-5-6-9(28-31(25,26)15(19,20)21)13-11(8)12(22)7-3-1-2-4-10(7)29-13/h1-6H. The fraction of sp³-hybridized carbons (Fsp3) is 0.133. The maximum Gasteiger partial charge on any atom is 0.534 e. The Hall–Kier alpha value is -2.59. The smallest absolute Gasteiger partial charge is 0.375 e. The highest BCUT2D eigenvalue weighted by Crippen LogP contribution is 2.40. The number of hydrogen-bond donors (Lipinski definition) is 0. The van der Waals surface area contributed by atoms with Gasteiger partial charge in [-0.3, -0.25) is 4.79 Å². The molecule has 0 saturated heterocycles. The topological polar surface area (TPSA) is 104 Å². The van der Waals surface area contributed by atoms with E-state index in [1.54, 1.807) is 0 Å². The molecule has 3 aromatic rings. The van der Waals surface area contributed by atoms with Crippen molar-refractivity contribution in [1.82, 2.24) is 0 Å². The van der Waals surface area contributed by atoms with E-state index in [-0.39, 0.29) is 10.1 Å². The van der Waals surface area contributed by atoms with Crippen molar-refractivity contribution >= 4 is 51.7 Å². The first-order chi connectivity index (χ1) is 14.1. The van der Waals surface area contributed by atoms with Crippen LogP contribution in [-0.2, 0) is 20.2 Å². The average molecular weight is 508 g/mol. The number of hydrogen-bond acceptors (Lipinski definition) is 8. The average Bonchev–Trinajstić information content (AvgIpc) is 2.61. The first kappa shape index (κ1) is 23.1. The second kappa shape index (κ2) is 7.23. The molecule has 31 heavy (non-hydrogen) atoms. The summed E-state index contributed by atoms with van der Waals surface area (Å²) < 4.78 is 129. The zero-order valence-corrected chi connectivity index (χ0v) is 16.8. The van der Waals surface area contributed by atoms with Crippen LogP contribution in [0.3, 0.4) is 0 Å². The number of fused-ring (bicyclic) bond motifs is 2. The lowest BCUT2D eigenvalue weighted by atomic mass is 10.1. The van der Waals surface area contributed by atoms with E-state index in [1.165, 1.54) is 24.3 Å². The van der Waals surface area contributed by atoms with Gasteiger partial charge in [0.2, 0.25) is 0 Å². The first-order valence-electron chi connectivity index (χ1n) is 7.55. The molecule has 0 saturated carbocycles. The number of alkyl halides is 6. The largest absolute Gasteiger partial charge is 0.534 e. The summed E-state index contributed by atoms with van der Waals surface area (Å²) in [6, 6.07) is 6.15. The molecule has 0 aliphatic rings. The highest BCUT2D eigenvalue weighted by Gasteiger charge is 2.50.